The van der Waals surface area contributed by atoms with Gasteiger partial charge in [-0.1, -0.05) is 20.8 Å². The van der Waals surface area contributed by atoms with Crippen molar-refractivity contribution in [2.45, 2.75) is 89.9 Å². The minimum absolute atomic E-state index is 0.0795. The van der Waals surface area contributed by atoms with Crippen LogP contribution in [0.5, 0.6) is 0 Å². The van der Waals surface area contributed by atoms with Crippen molar-refractivity contribution in [2.75, 3.05) is 25.7 Å². The lowest BCUT2D eigenvalue weighted by Crippen LogP contribution is -2.48. The van der Waals surface area contributed by atoms with E-state index in [4.69, 9.17) is 17.5 Å². The summed E-state index contributed by atoms with van der Waals surface area (Å²) in [4.78, 5) is 14.3. The van der Waals surface area contributed by atoms with Crippen LogP contribution in [0, 0.1) is 0 Å². The first-order valence-electron chi connectivity index (χ1n) is 10.4. The molecule has 0 aromatic carbocycles. The third-order valence-electron chi connectivity index (χ3n) is 5.37. The predicted molar refractivity (Wildman–Crippen MR) is 124 cm³/mol. The quantitative estimate of drug-likeness (QED) is 0.353. The Hall–Kier alpha value is -0.733. The number of carbonyl (C=O) groups excluding carboxylic acids is 1. The van der Waals surface area contributed by atoms with Gasteiger partial charge in [-0.15, -0.1) is 0 Å². The first-order valence-corrected chi connectivity index (χ1v) is 16.9. The summed E-state index contributed by atoms with van der Waals surface area (Å²) in [7, 11) is -10.0. The molecule has 0 bridgehead atoms. The van der Waals surface area contributed by atoms with Gasteiger partial charge in [-0.25, -0.2) is 4.79 Å². The van der Waals surface area contributed by atoms with E-state index in [1.54, 1.807) is 20.8 Å². The summed E-state index contributed by atoms with van der Waals surface area (Å²) in [6.07, 6.45) is -0.341. The van der Waals surface area contributed by atoms with Crippen molar-refractivity contribution in [1.82, 2.24) is 4.90 Å². The van der Waals surface area contributed by atoms with Crippen molar-refractivity contribution in [2.24, 2.45) is 0 Å². The van der Waals surface area contributed by atoms with Crippen LogP contribution in [-0.4, -0.2) is 85.7 Å². The van der Waals surface area contributed by atoms with Gasteiger partial charge in [0.15, 0.2) is 8.32 Å². The summed E-state index contributed by atoms with van der Waals surface area (Å²) in [6, 6.07) is -0.823. The molecule has 1 heterocycles. The highest BCUT2D eigenvalue weighted by atomic mass is 32.2. The van der Waals surface area contributed by atoms with Crippen LogP contribution in [0.4, 0.5) is 4.79 Å². The highest BCUT2D eigenvalue weighted by Crippen LogP contribution is 2.39. The Kier molecular flexibility index (Phi) is 9.03. The molecule has 10 nitrogen and oxygen atoms in total. The Morgan fingerprint density at radius 3 is 1.97 bits per heavy atom. The van der Waals surface area contributed by atoms with Gasteiger partial charge in [0.2, 0.25) is 0 Å². The van der Waals surface area contributed by atoms with E-state index in [2.05, 4.69) is 33.9 Å². The fourth-order valence-corrected chi connectivity index (χ4v) is 5.38. The molecule has 0 N–H and O–H groups in total. The third-order valence-corrected chi connectivity index (χ3v) is 11.1. The summed E-state index contributed by atoms with van der Waals surface area (Å²) >= 11 is 0. The van der Waals surface area contributed by atoms with Crippen molar-refractivity contribution in [1.29, 1.82) is 0 Å². The molecule has 1 saturated heterocycles. The minimum atomic E-state index is -3.97. The Morgan fingerprint density at radius 1 is 1.03 bits per heavy atom. The fraction of sp³-hybridized carbons (Fsp3) is 0.947. The third kappa shape index (κ3) is 9.63. The van der Waals surface area contributed by atoms with Crippen molar-refractivity contribution < 1.29 is 39.2 Å². The molecule has 0 spiro atoms. The van der Waals surface area contributed by atoms with E-state index in [1.165, 1.54) is 4.90 Å². The number of likely N-dealkylation sites (tertiary alicyclic amines) is 1. The van der Waals surface area contributed by atoms with E-state index in [0.717, 1.165) is 12.5 Å². The summed E-state index contributed by atoms with van der Waals surface area (Å²) in [5, 5.41) is -0.0795. The molecule has 190 valence electrons. The second kappa shape index (κ2) is 9.86. The van der Waals surface area contributed by atoms with E-state index in [1.807, 2.05) is 0 Å². The lowest BCUT2D eigenvalue weighted by molar-refractivity contribution is 0.00373. The number of nitrogens with zero attached hydrogens (tertiary/aromatic N) is 1. The molecule has 1 aliphatic heterocycles. The Bertz CT molecular complexity index is 873. The molecule has 0 aromatic rings. The summed E-state index contributed by atoms with van der Waals surface area (Å²) < 4.78 is 68.8. The normalized spacial score (nSPS) is 22.1. The number of amides is 1. The van der Waals surface area contributed by atoms with Crippen molar-refractivity contribution in [3.05, 3.63) is 0 Å². The van der Waals surface area contributed by atoms with Gasteiger partial charge in [-0.3, -0.25) is 13.3 Å². The van der Waals surface area contributed by atoms with E-state index < -0.39 is 65.1 Å². The molecule has 0 aliphatic carbocycles. The molecule has 1 amide bonds. The lowest BCUT2D eigenvalue weighted by atomic mass is 10.1. The predicted octanol–water partition coefficient (Wildman–Crippen LogP) is 2.71. The maximum atomic E-state index is 12.9. The smallest absolute Gasteiger partial charge is 0.410 e. The molecule has 1 aliphatic rings. The standard InChI is InChI=1S/C19H39NO9S2Si/c1-18(2,3)27-17(21)20-12-14(29-32(9,10)19(4,5)6)11-15(20)16(28-31(8,24)25)13-26-30(7,22)23/h14-16H,11-13H2,1-10H3/t14-,15+,16?/m1/s1. The van der Waals surface area contributed by atoms with Gasteiger partial charge in [-0.05, 0) is 45.3 Å². The SMILES string of the molecule is CC(C)(C)OC(=O)N1C[C@H](O[Si](C)(C)C(C)(C)C)C[C@H]1C(COS(C)(=O)=O)OS(C)(=O)=O. The zero-order chi connectivity index (χ0) is 25.3. The summed E-state index contributed by atoms with van der Waals surface area (Å²) in [5.74, 6) is 0. The zero-order valence-electron chi connectivity index (χ0n) is 20.8. The number of carbonyl (C=O) groups is 1. The average Bonchev–Trinajstić information content (AvgIpc) is 2.90. The van der Waals surface area contributed by atoms with Crippen LogP contribution in [-0.2, 0) is 37.8 Å². The van der Waals surface area contributed by atoms with Crippen molar-refractivity contribution in [3.8, 4) is 0 Å². The van der Waals surface area contributed by atoms with Gasteiger partial charge in [0.1, 0.15) is 11.7 Å². The van der Waals surface area contributed by atoms with Crippen LogP contribution in [0.25, 0.3) is 0 Å². The maximum absolute atomic E-state index is 12.9. The van der Waals surface area contributed by atoms with Crippen LogP contribution >= 0.6 is 0 Å². The fourth-order valence-electron chi connectivity index (χ4n) is 3.01. The van der Waals surface area contributed by atoms with Gasteiger partial charge >= 0.3 is 6.09 Å². The molecule has 32 heavy (non-hydrogen) atoms. The van der Waals surface area contributed by atoms with Gasteiger partial charge in [0.25, 0.3) is 20.2 Å². The molecule has 0 aromatic heterocycles. The molecule has 0 saturated carbocycles. The zero-order valence-corrected chi connectivity index (χ0v) is 23.4. The van der Waals surface area contributed by atoms with E-state index in [9.17, 15) is 21.6 Å². The number of hydrogen-bond acceptors (Lipinski definition) is 9. The molecule has 1 rings (SSSR count). The maximum Gasteiger partial charge on any atom is 0.410 e. The van der Waals surface area contributed by atoms with Crippen LogP contribution < -0.4 is 0 Å². The largest absolute Gasteiger partial charge is 0.444 e. The van der Waals surface area contributed by atoms with Gasteiger partial charge in [0.05, 0.1) is 31.3 Å². The average molecular weight is 518 g/mol. The van der Waals surface area contributed by atoms with Gasteiger partial charge in [-0.2, -0.15) is 16.8 Å². The second-order valence-corrected chi connectivity index (χ2v) is 18.8. The van der Waals surface area contributed by atoms with E-state index in [0.29, 0.717) is 0 Å². The Balaban J connectivity index is 3.28. The molecule has 13 heteroatoms. The first kappa shape index (κ1) is 29.3. The molecular formula is C19H39NO9S2Si. The highest BCUT2D eigenvalue weighted by Gasteiger charge is 2.47. The molecule has 3 atom stereocenters. The van der Waals surface area contributed by atoms with Crippen LogP contribution in [0.1, 0.15) is 48.0 Å². The topological polar surface area (TPSA) is 126 Å². The van der Waals surface area contributed by atoms with Crippen molar-refractivity contribution >= 4 is 34.6 Å². The van der Waals surface area contributed by atoms with Crippen LogP contribution in [0.3, 0.4) is 0 Å². The monoisotopic (exact) mass is 517 g/mol. The number of hydrogen-bond donors (Lipinski definition) is 0. The number of ether oxygens (including phenoxy) is 1. The van der Waals surface area contributed by atoms with E-state index in [-0.39, 0.29) is 18.0 Å². The van der Waals surface area contributed by atoms with Gasteiger partial charge in [0, 0.05) is 6.54 Å². The first-order chi connectivity index (χ1) is 14.0. The van der Waals surface area contributed by atoms with Crippen molar-refractivity contribution in [3.63, 3.8) is 0 Å². The van der Waals surface area contributed by atoms with E-state index >= 15 is 0 Å². The second-order valence-electron chi connectivity index (χ2n) is 10.8. The van der Waals surface area contributed by atoms with Crippen LogP contribution in [0.2, 0.25) is 18.1 Å². The molecular weight excluding hydrogens is 478 g/mol. The number of rotatable bonds is 8. The Labute approximate surface area is 194 Å². The molecule has 0 radical (unpaired) electrons. The Morgan fingerprint density at radius 2 is 1.56 bits per heavy atom. The van der Waals surface area contributed by atoms with Gasteiger partial charge < -0.3 is 9.16 Å². The minimum Gasteiger partial charge on any atom is -0.444 e. The lowest BCUT2D eigenvalue weighted by Gasteiger charge is -2.38. The highest BCUT2D eigenvalue weighted by molar-refractivity contribution is 7.86. The molecule has 1 unspecified atom stereocenters. The molecule has 1 fully saturated rings. The van der Waals surface area contributed by atoms with Crippen LogP contribution in [0.15, 0.2) is 0 Å². The summed E-state index contributed by atoms with van der Waals surface area (Å²) in [6.45, 7) is 15.2. The summed E-state index contributed by atoms with van der Waals surface area (Å²) in [5.41, 5.74) is -0.781.